The third-order valence-corrected chi connectivity index (χ3v) is 6.04. The molecule has 0 aliphatic carbocycles. The predicted octanol–water partition coefficient (Wildman–Crippen LogP) is 2.60. The number of hydrogen-bond acceptors (Lipinski definition) is 6. The Hall–Kier alpha value is -2.45. The van der Waals surface area contributed by atoms with Crippen LogP contribution in [0.25, 0.3) is 0 Å². The molecule has 0 saturated carbocycles. The first-order valence-corrected chi connectivity index (χ1v) is 10.1. The third-order valence-electron chi connectivity index (χ3n) is 4.98. The summed E-state index contributed by atoms with van der Waals surface area (Å²) in [6, 6.07) is 8.99. The number of thiazole rings is 1. The van der Waals surface area contributed by atoms with Crippen LogP contribution in [0.2, 0.25) is 0 Å². The van der Waals surface area contributed by atoms with Gasteiger partial charge in [0.05, 0.1) is 16.4 Å². The highest BCUT2D eigenvalue weighted by Crippen LogP contribution is 2.21. The molecular formula is C20H22FN5OS. The summed E-state index contributed by atoms with van der Waals surface area (Å²) >= 11 is 1.74. The van der Waals surface area contributed by atoms with Gasteiger partial charge in [-0.3, -0.25) is 9.69 Å². The van der Waals surface area contributed by atoms with E-state index in [0.717, 1.165) is 30.3 Å². The lowest BCUT2D eigenvalue weighted by Crippen LogP contribution is -2.49. The van der Waals surface area contributed by atoms with Gasteiger partial charge in [0.2, 0.25) is 12.1 Å². The molecule has 1 aromatic carbocycles. The largest absolute Gasteiger partial charge is 0.338 e. The molecule has 0 radical (unpaired) electrons. The number of aromatic nitrogens is 1. The van der Waals surface area contributed by atoms with Crippen molar-refractivity contribution in [3.63, 3.8) is 0 Å². The quantitative estimate of drug-likeness (QED) is 0.796. The van der Waals surface area contributed by atoms with Gasteiger partial charge in [-0.25, -0.2) is 14.4 Å². The van der Waals surface area contributed by atoms with Crippen LogP contribution in [0.3, 0.4) is 0 Å². The number of rotatable bonds is 3. The van der Waals surface area contributed by atoms with Crippen molar-refractivity contribution in [3.05, 3.63) is 51.5 Å². The maximum atomic E-state index is 14.4. The second kappa shape index (κ2) is 7.89. The van der Waals surface area contributed by atoms with Crippen LogP contribution in [0.15, 0.2) is 40.3 Å². The van der Waals surface area contributed by atoms with E-state index in [9.17, 15) is 9.18 Å². The molecule has 146 valence electrons. The number of guanidine groups is 1. The fourth-order valence-electron chi connectivity index (χ4n) is 3.45. The molecule has 0 spiro atoms. The van der Waals surface area contributed by atoms with Crippen LogP contribution >= 0.6 is 11.3 Å². The van der Waals surface area contributed by atoms with E-state index in [0.29, 0.717) is 24.6 Å². The van der Waals surface area contributed by atoms with Gasteiger partial charge in [-0.15, -0.1) is 11.3 Å². The molecule has 1 unspecified atom stereocenters. The number of amides is 1. The lowest BCUT2D eigenvalue weighted by atomic mass is 10.0. The smallest absolute Gasteiger partial charge is 0.289 e. The van der Waals surface area contributed by atoms with Gasteiger partial charge in [0.15, 0.2) is 0 Å². The van der Waals surface area contributed by atoms with Crippen LogP contribution in [0.5, 0.6) is 0 Å². The number of aliphatic imine (C=N–C) groups is 2. The number of carbonyl (C=O) groups excluding carboxylic acids is 1. The average molecular weight is 399 g/mol. The molecule has 1 amide bonds. The van der Waals surface area contributed by atoms with Gasteiger partial charge < -0.3 is 4.90 Å². The molecule has 8 heteroatoms. The van der Waals surface area contributed by atoms with Crippen molar-refractivity contribution in [3.8, 4) is 0 Å². The molecule has 0 bridgehead atoms. The molecule has 28 heavy (non-hydrogen) atoms. The molecular weight excluding hydrogens is 377 g/mol. The first-order chi connectivity index (χ1) is 13.5. The second-order valence-corrected chi connectivity index (χ2v) is 8.27. The Morgan fingerprint density at radius 2 is 1.82 bits per heavy atom. The van der Waals surface area contributed by atoms with Crippen molar-refractivity contribution < 1.29 is 9.18 Å². The van der Waals surface area contributed by atoms with E-state index in [-0.39, 0.29) is 5.71 Å². The molecule has 2 aliphatic rings. The summed E-state index contributed by atoms with van der Waals surface area (Å²) in [5.41, 5.74) is 1.86. The van der Waals surface area contributed by atoms with Crippen LogP contribution < -0.4 is 0 Å². The van der Waals surface area contributed by atoms with Gasteiger partial charge in [0.25, 0.3) is 5.91 Å². The molecule has 0 N–H and O–H groups in total. The Labute approximate surface area is 167 Å². The van der Waals surface area contributed by atoms with E-state index in [2.05, 4.69) is 19.9 Å². The second-order valence-electron chi connectivity index (χ2n) is 6.98. The lowest BCUT2D eigenvalue weighted by molar-refractivity contribution is -0.120. The number of hydrogen-bond donors (Lipinski definition) is 0. The summed E-state index contributed by atoms with van der Waals surface area (Å²) in [6.07, 6.45) is -1.80. The Bertz CT molecular complexity index is 931. The van der Waals surface area contributed by atoms with Crippen molar-refractivity contribution in [2.45, 2.75) is 26.6 Å². The first kappa shape index (κ1) is 18.9. The number of alkyl halides is 1. The van der Waals surface area contributed by atoms with Crippen LogP contribution in [0, 0.1) is 13.8 Å². The van der Waals surface area contributed by atoms with Gasteiger partial charge in [-0.2, -0.15) is 4.99 Å². The van der Waals surface area contributed by atoms with E-state index in [4.69, 9.17) is 0 Å². The van der Waals surface area contributed by atoms with Gasteiger partial charge in [-0.05, 0) is 19.4 Å². The molecule has 4 rings (SSSR count). The maximum absolute atomic E-state index is 14.4. The minimum absolute atomic E-state index is 0.147. The van der Waals surface area contributed by atoms with Gasteiger partial charge in [-0.1, -0.05) is 30.3 Å². The highest BCUT2D eigenvalue weighted by molar-refractivity contribution is 7.11. The van der Waals surface area contributed by atoms with Crippen LogP contribution in [0.1, 0.15) is 21.1 Å². The van der Waals surface area contributed by atoms with Crippen LogP contribution in [-0.2, 0) is 11.3 Å². The Balaban J connectivity index is 1.45. The van der Waals surface area contributed by atoms with Crippen molar-refractivity contribution in [1.29, 1.82) is 0 Å². The van der Waals surface area contributed by atoms with Crippen molar-refractivity contribution in [1.82, 2.24) is 14.8 Å². The number of piperazine rings is 1. The van der Waals surface area contributed by atoms with Crippen molar-refractivity contribution in [2.75, 3.05) is 26.2 Å². The molecule has 1 aromatic heterocycles. The minimum atomic E-state index is -1.80. The van der Waals surface area contributed by atoms with E-state index < -0.39 is 12.1 Å². The topological polar surface area (TPSA) is 61.2 Å². The number of benzene rings is 1. The van der Waals surface area contributed by atoms with Crippen molar-refractivity contribution >= 4 is 28.9 Å². The summed E-state index contributed by atoms with van der Waals surface area (Å²) < 4.78 is 14.4. The zero-order chi connectivity index (χ0) is 19.7. The molecule has 6 nitrogen and oxygen atoms in total. The van der Waals surface area contributed by atoms with Crippen LogP contribution in [-0.4, -0.2) is 64.7 Å². The number of halogens is 1. The van der Waals surface area contributed by atoms with E-state index in [1.165, 1.54) is 4.88 Å². The number of carbonyl (C=O) groups is 1. The van der Waals surface area contributed by atoms with Gasteiger partial charge >= 0.3 is 0 Å². The van der Waals surface area contributed by atoms with Crippen molar-refractivity contribution in [2.24, 2.45) is 9.98 Å². The average Bonchev–Trinajstić information content (AvgIpc) is 3.02. The zero-order valence-electron chi connectivity index (χ0n) is 15.9. The van der Waals surface area contributed by atoms with E-state index in [1.807, 2.05) is 36.9 Å². The monoisotopic (exact) mass is 399 g/mol. The molecule has 1 atom stereocenters. The zero-order valence-corrected chi connectivity index (χ0v) is 16.7. The van der Waals surface area contributed by atoms with Gasteiger partial charge in [0.1, 0.15) is 0 Å². The fraction of sp³-hybridized carbons (Fsp3) is 0.400. The maximum Gasteiger partial charge on any atom is 0.289 e. The molecule has 2 aliphatic heterocycles. The summed E-state index contributed by atoms with van der Waals surface area (Å²) in [7, 11) is 0. The molecule has 1 saturated heterocycles. The normalized spacial score (nSPS) is 20.9. The lowest BCUT2D eigenvalue weighted by Gasteiger charge is -2.35. The molecule has 2 aromatic rings. The third kappa shape index (κ3) is 3.88. The summed E-state index contributed by atoms with van der Waals surface area (Å²) in [4.78, 5) is 30.5. The number of nitrogens with zero attached hydrogens (tertiary/aromatic N) is 5. The Morgan fingerprint density at radius 3 is 2.46 bits per heavy atom. The first-order valence-electron chi connectivity index (χ1n) is 9.32. The summed E-state index contributed by atoms with van der Waals surface area (Å²) in [5.74, 6) is -0.454. The highest BCUT2D eigenvalue weighted by atomic mass is 32.1. The molecule has 3 heterocycles. The highest BCUT2D eigenvalue weighted by Gasteiger charge is 2.32. The summed E-state index contributed by atoms with van der Waals surface area (Å²) in [6.45, 7) is 8.01. The van der Waals surface area contributed by atoms with Crippen LogP contribution in [0.4, 0.5) is 4.39 Å². The Kier molecular flexibility index (Phi) is 5.32. The standard InChI is InChI=1S/C20H22FN5OS/c1-13-16(28-14(2)22-13)12-25-8-10-26(11-9-25)20-23-18(17(21)19(27)24-20)15-6-4-3-5-7-15/h3-7,17H,8-12H2,1-2H3. The summed E-state index contributed by atoms with van der Waals surface area (Å²) in [5, 5.41) is 1.09. The molecule has 1 fully saturated rings. The van der Waals surface area contributed by atoms with E-state index in [1.54, 1.807) is 23.5 Å². The fourth-order valence-corrected chi connectivity index (χ4v) is 4.43. The minimum Gasteiger partial charge on any atom is -0.338 e. The van der Waals surface area contributed by atoms with E-state index >= 15 is 0 Å². The Morgan fingerprint density at radius 1 is 1.11 bits per heavy atom. The number of aryl methyl sites for hydroxylation is 2. The SMILES string of the molecule is Cc1nc(C)c(CN2CCN(C3=NC(=O)C(F)C(c4ccccc4)=N3)CC2)s1. The van der Waals surface area contributed by atoms with Gasteiger partial charge in [0, 0.05) is 37.6 Å². The predicted molar refractivity (Wildman–Crippen MR) is 109 cm³/mol.